The van der Waals surface area contributed by atoms with E-state index in [1.54, 1.807) is 0 Å². The number of rotatable bonds is 3. The van der Waals surface area contributed by atoms with Crippen LogP contribution in [0.4, 0.5) is 4.39 Å². The minimum Gasteiger partial charge on any atom is -0.424 e. The molecular weight excluding hydrogens is 207 g/mol. The quantitative estimate of drug-likeness (QED) is 0.794. The summed E-state index contributed by atoms with van der Waals surface area (Å²) in [6.07, 6.45) is 3.08. The second kappa shape index (κ2) is 4.70. The van der Waals surface area contributed by atoms with Crippen LogP contribution in [-0.4, -0.2) is 9.97 Å². The molecule has 0 amide bonds. The van der Waals surface area contributed by atoms with E-state index in [0.717, 1.165) is 18.8 Å². The van der Waals surface area contributed by atoms with Gasteiger partial charge in [-0.1, -0.05) is 19.1 Å². The highest BCUT2D eigenvalue weighted by molar-refractivity contribution is 5.30. The van der Waals surface area contributed by atoms with Crippen LogP contribution in [0, 0.1) is 5.82 Å². The summed E-state index contributed by atoms with van der Waals surface area (Å²) in [6.45, 7) is 2.06. The Bertz CT molecular complexity index is 471. The van der Waals surface area contributed by atoms with Crippen LogP contribution in [-0.2, 0) is 6.42 Å². The fourth-order valence-corrected chi connectivity index (χ4v) is 1.29. The normalized spacial score (nSPS) is 10.1. The van der Waals surface area contributed by atoms with E-state index in [2.05, 4.69) is 16.9 Å². The minimum atomic E-state index is -0.477. The zero-order valence-electron chi connectivity index (χ0n) is 8.85. The van der Waals surface area contributed by atoms with Crippen molar-refractivity contribution in [1.29, 1.82) is 0 Å². The van der Waals surface area contributed by atoms with Crippen LogP contribution in [0.15, 0.2) is 36.7 Å². The Balaban J connectivity index is 2.16. The van der Waals surface area contributed by atoms with Gasteiger partial charge in [0.15, 0.2) is 5.82 Å². The maximum atomic E-state index is 12.6. The first kappa shape index (κ1) is 10.5. The van der Waals surface area contributed by atoms with Crippen LogP contribution in [0.5, 0.6) is 11.8 Å². The first-order valence-electron chi connectivity index (χ1n) is 5.02. The van der Waals surface area contributed by atoms with Crippen molar-refractivity contribution in [3.8, 4) is 11.8 Å². The molecule has 0 saturated carbocycles. The average molecular weight is 218 g/mol. The summed E-state index contributed by atoms with van der Waals surface area (Å²) in [5.41, 5.74) is 1.17. The summed E-state index contributed by atoms with van der Waals surface area (Å²) in [7, 11) is 0. The highest BCUT2D eigenvalue weighted by Crippen LogP contribution is 2.18. The number of ether oxygens (including phenoxy) is 1. The molecule has 2 aromatic rings. The molecule has 0 N–H and O–H groups in total. The molecule has 0 bridgehead atoms. The lowest BCUT2D eigenvalue weighted by molar-refractivity contribution is 0.435. The molecule has 1 heterocycles. The highest BCUT2D eigenvalue weighted by atomic mass is 19.1. The summed E-state index contributed by atoms with van der Waals surface area (Å²) >= 11 is 0. The van der Waals surface area contributed by atoms with E-state index in [1.165, 1.54) is 5.56 Å². The predicted octanol–water partition coefficient (Wildman–Crippen LogP) is 2.97. The third-order valence-electron chi connectivity index (χ3n) is 2.11. The Hall–Kier alpha value is -1.97. The molecule has 0 aliphatic heterocycles. The van der Waals surface area contributed by atoms with Crippen LogP contribution in [0.3, 0.4) is 0 Å². The van der Waals surface area contributed by atoms with Crippen molar-refractivity contribution < 1.29 is 9.13 Å². The lowest BCUT2D eigenvalue weighted by Gasteiger charge is -2.04. The second-order valence-corrected chi connectivity index (χ2v) is 3.29. The zero-order chi connectivity index (χ0) is 11.4. The van der Waals surface area contributed by atoms with Gasteiger partial charge in [-0.2, -0.15) is 0 Å². The van der Waals surface area contributed by atoms with Gasteiger partial charge in [-0.05, 0) is 24.1 Å². The second-order valence-electron chi connectivity index (χ2n) is 3.29. The number of nitrogens with zero attached hydrogens (tertiary/aromatic N) is 2. The highest BCUT2D eigenvalue weighted by Gasteiger charge is 2.01. The van der Waals surface area contributed by atoms with E-state index >= 15 is 0 Å². The van der Waals surface area contributed by atoms with Crippen molar-refractivity contribution >= 4 is 0 Å². The SMILES string of the molecule is CCc1cccc(Oc2ncc(F)cn2)c1. The van der Waals surface area contributed by atoms with Crippen molar-refractivity contribution in [1.82, 2.24) is 9.97 Å². The largest absolute Gasteiger partial charge is 0.424 e. The molecule has 0 radical (unpaired) electrons. The van der Waals surface area contributed by atoms with Gasteiger partial charge in [0, 0.05) is 0 Å². The zero-order valence-corrected chi connectivity index (χ0v) is 8.85. The molecule has 0 spiro atoms. The summed E-state index contributed by atoms with van der Waals surface area (Å²) < 4.78 is 18.0. The molecule has 0 aliphatic carbocycles. The van der Waals surface area contributed by atoms with Crippen molar-refractivity contribution in [3.05, 3.63) is 48.0 Å². The van der Waals surface area contributed by atoms with Crippen LogP contribution in [0.1, 0.15) is 12.5 Å². The molecule has 3 nitrogen and oxygen atoms in total. The minimum absolute atomic E-state index is 0.148. The number of aromatic nitrogens is 2. The van der Waals surface area contributed by atoms with E-state index in [-0.39, 0.29) is 6.01 Å². The van der Waals surface area contributed by atoms with E-state index in [0.29, 0.717) is 5.75 Å². The van der Waals surface area contributed by atoms with Crippen molar-refractivity contribution in [2.45, 2.75) is 13.3 Å². The van der Waals surface area contributed by atoms with Crippen LogP contribution >= 0.6 is 0 Å². The fraction of sp³-hybridized carbons (Fsp3) is 0.167. The summed E-state index contributed by atoms with van der Waals surface area (Å²) in [5, 5.41) is 0. The molecule has 1 aromatic heterocycles. The van der Waals surface area contributed by atoms with Crippen LogP contribution < -0.4 is 4.74 Å². The Kier molecular flexibility index (Phi) is 3.10. The average Bonchev–Trinajstić information content (AvgIpc) is 2.32. The lowest BCUT2D eigenvalue weighted by atomic mass is 10.2. The van der Waals surface area contributed by atoms with Crippen molar-refractivity contribution in [2.75, 3.05) is 0 Å². The van der Waals surface area contributed by atoms with Gasteiger partial charge in [-0.3, -0.25) is 0 Å². The van der Waals surface area contributed by atoms with E-state index in [1.807, 2.05) is 24.3 Å². The van der Waals surface area contributed by atoms with E-state index < -0.39 is 5.82 Å². The monoisotopic (exact) mass is 218 g/mol. The molecule has 4 heteroatoms. The Morgan fingerprint density at radius 3 is 2.69 bits per heavy atom. The Morgan fingerprint density at radius 1 is 1.25 bits per heavy atom. The summed E-state index contributed by atoms with van der Waals surface area (Å²) in [6, 6.07) is 7.78. The van der Waals surface area contributed by atoms with Gasteiger partial charge in [0.25, 0.3) is 0 Å². The van der Waals surface area contributed by atoms with E-state index in [4.69, 9.17) is 4.74 Å². The fourth-order valence-electron chi connectivity index (χ4n) is 1.29. The maximum absolute atomic E-state index is 12.6. The van der Waals surface area contributed by atoms with Gasteiger partial charge >= 0.3 is 6.01 Å². The number of benzene rings is 1. The molecule has 1 aromatic carbocycles. The Morgan fingerprint density at radius 2 is 2.00 bits per heavy atom. The third-order valence-corrected chi connectivity index (χ3v) is 2.11. The molecule has 2 rings (SSSR count). The third kappa shape index (κ3) is 2.53. The molecule has 0 unspecified atom stereocenters. The summed E-state index contributed by atoms with van der Waals surface area (Å²) in [5.74, 6) is 0.181. The van der Waals surface area contributed by atoms with Gasteiger partial charge < -0.3 is 4.74 Å². The lowest BCUT2D eigenvalue weighted by Crippen LogP contribution is -1.92. The summed E-state index contributed by atoms with van der Waals surface area (Å²) in [4.78, 5) is 7.44. The number of hydrogen-bond acceptors (Lipinski definition) is 3. The first-order chi connectivity index (χ1) is 7.78. The van der Waals surface area contributed by atoms with Crippen LogP contribution in [0.2, 0.25) is 0 Å². The molecule has 0 saturated heterocycles. The topological polar surface area (TPSA) is 35.0 Å². The van der Waals surface area contributed by atoms with E-state index in [9.17, 15) is 4.39 Å². The standard InChI is InChI=1S/C12H11FN2O/c1-2-9-4-3-5-11(6-9)16-12-14-7-10(13)8-15-12/h3-8H,2H2,1H3. The van der Waals surface area contributed by atoms with Crippen LogP contribution in [0.25, 0.3) is 0 Å². The van der Waals surface area contributed by atoms with Gasteiger partial charge in [-0.15, -0.1) is 0 Å². The smallest absolute Gasteiger partial charge is 0.322 e. The number of halogens is 1. The van der Waals surface area contributed by atoms with Gasteiger partial charge in [-0.25, -0.2) is 14.4 Å². The van der Waals surface area contributed by atoms with Gasteiger partial charge in [0.2, 0.25) is 0 Å². The molecule has 82 valence electrons. The van der Waals surface area contributed by atoms with Gasteiger partial charge in [0.1, 0.15) is 5.75 Å². The van der Waals surface area contributed by atoms with Gasteiger partial charge in [0.05, 0.1) is 12.4 Å². The molecule has 16 heavy (non-hydrogen) atoms. The van der Waals surface area contributed by atoms with Crippen molar-refractivity contribution in [3.63, 3.8) is 0 Å². The molecule has 0 aliphatic rings. The number of aryl methyl sites for hydroxylation is 1. The molecule has 0 fully saturated rings. The molecule has 0 atom stereocenters. The number of hydrogen-bond donors (Lipinski definition) is 0. The predicted molar refractivity (Wildman–Crippen MR) is 57.9 cm³/mol. The Labute approximate surface area is 92.9 Å². The molecular formula is C12H11FN2O. The first-order valence-corrected chi connectivity index (χ1v) is 5.02. The maximum Gasteiger partial charge on any atom is 0.322 e. The van der Waals surface area contributed by atoms with Crippen molar-refractivity contribution in [2.24, 2.45) is 0 Å².